The van der Waals surface area contributed by atoms with E-state index >= 15 is 0 Å². The summed E-state index contributed by atoms with van der Waals surface area (Å²) >= 11 is 0. The molecule has 0 heterocycles. The summed E-state index contributed by atoms with van der Waals surface area (Å²) in [6, 6.07) is 21.3. The minimum absolute atomic E-state index is 0.328. The molecule has 3 nitrogen and oxygen atoms in total. The van der Waals surface area contributed by atoms with Crippen LogP contribution in [0.25, 0.3) is 0 Å². The smallest absolute Gasteiger partial charge is 0.0962 e. The molecule has 0 aromatic heterocycles. The Morgan fingerprint density at radius 3 is 1.88 bits per heavy atom. The second-order valence-corrected chi connectivity index (χ2v) is 6.50. The number of benzene rings is 2. The fraction of sp³-hybridized carbons (Fsp3) is 0.381. The first kappa shape index (κ1) is 18.2. The van der Waals surface area contributed by atoms with Crippen LogP contribution in [0.5, 0.6) is 0 Å². The lowest BCUT2D eigenvalue weighted by atomic mass is 10.1. The highest BCUT2D eigenvalue weighted by molar-refractivity contribution is 5.82. The Kier molecular flexibility index (Phi) is 7.50. The minimum Gasteiger partial charge on any atom is -0.387 e. The summed E-state index contributed by atoms with van der Waals surface area (Å²) in [5, 5.41) is 0. The highest BCUT2D eigenvalue weighted by Crippen LogP contribution is 2.10. The summed E-state index contributed by atoms with van der Waals surface area (Å²) in [6.45, 7) is 7.88. The monoisotopic (exact) mass is 323 g/mol. The number of hydrogen-bond donors (Lipinski definition) is 1. The maximum Gasteiger partial charge on any atom is 0.0962 e. The largest absolute Gasteiger partial charge is 0.387 e. The summed E-state index contributed by atoms with van der Waals surface area (Å²) in [6.07, 6.45) is 1.02. The number of rotatable bonds is 9. The van der Waals surface area contributed by atoms with Gasteiger partial charge in [0.15, 0.2) is 0 Å². The van der Waals surface area contributed by atoms with Crippen LogP contribution in [0.1, 0.15) is 31.4 Å². The van der Waals surface area contributed by atoms with E-state index in [1.807, 2.05) is 0 Å². The Balaban J connectivity index is 1.93. The molecule has 0 saturated carbocycles. The van der Waals surface area contributed by atoms with Crippen molar-refractivity contribution in [3.8, 4) is 0 Å². The summed E-state index contributed by atoms with van der Waals surface area (Å²) < 4.78 is 0. The predicted octanol–water partition coefficient (Wildman–Crippen LogP) is 4.09. The van der Waals surface area contributed by atoms with Crippen LogP contribution in [0.3, 0.4) is 0 Å². The van der Waals surface area contributed by atoms with Gasteiger partial charge in [0, 0.05) is 32.1 Å². The Bertz CT molecular complexity index is 564. The molecule has 128 valence electrons. The van der Waals surface area contributed by atoms with Gasteiger partial charge in [0.05, 0.1) is 5.84 Å². The second kappa shape index (κ2) is 9.89. The molecule has 0 spiro atoms. The number of nitrogens with two attached hydrogens (primary N) is 1. The summed E-state index contributed by atoms with van der Waals surface area (Å²) in [4.78, 5) is 6.96. The Morgan fingerprint density at radius 1 is 0.917 bits per heavy atom. The fourth-order valence-corrected chi connectivity index (χ4v) is 2.58. The van der Waals surface area contributed by atoms with Crippen molar-refractivity contribution in [1.29, 1.82) is 0 Å². The maximum absolute atomic E-state index is 5.92. The van der Waals surface area contributed by atoms with E-state index in [4.69, 9.17) is 5.73 Å². The van der Waals surface area contributed by atoms with Gasteiger partial charge in [-0.05, 0) is 17.5 Å². The van der Waals surface area contributed by atoms with E-state index in [2.05, 4.69) is 84.4 Å². The Hall–Kier alpha value is -2.13. The van der Waals surface area contributed by atoms with E-state index < -0.39 is 0 Å². The van der Waals surface area contributed by atoms with Crippen LogP contribution >= 0.6 is 0 Å². The van der Waals surface area contributed by atoms with E-state index in [-0.39, 0.29) is 0 Å². The summed E-state index contributed by atoms with van der Waals surface area (Å²) in [5.41, 5.74) is 8.61. The first-order valence-electron chi connectivity index (χ1n) is 8.75. The minimum atomic E-state index is 0.328. The average Bonchev–Trinajstić information content (AvgIpc) is 2.60. The normalized spacial score (nSPS) is 12.1. The predicted molar refractivity (Wildman–Crippen MR) is 103 cm³/mol. The third kappa shape index (κ3) is 6.55. The molecule has 0 fully saturated rings. The number of amidine groups is 1. The number of aliphatic imine (C=N–C) groups is 1. The first-order valence-corrected chi connectivity index (χ1v) is 8.75. The van der Waals surface area contributed by atoms with Crippen molar-refractivity contribution in [3.05, 3.63) is 71.8 Å². The van der Waals surface area contributed by atoms with Crippen molar-refractivity contribution in [1.82, 2.24) is 4.90 Å². The van der Waals surface area contributed by atoms with Gasteiger partial charge in [0.2, 0.25) is 0 Å². The van der Waals surface area contributed by atoms with Gasteiger partial charge in [-0.1, -0.05) is 74.5 Å². The maximum atomic E-state index is 5.92. The summed E-state index contributed by atoms with van der Waals surface area (Å²) in [7, 11) is 0. The van der Waals surface area contributed by atoms with Crippen LogP contribution in [0.2, 0.25) is 0 Å². The van der Waals surface area contributed by atoms with Crippen molar-refractivity contribution in [2.75, 3.05) is 13.1 Å². The van der Waals surface area contributed by atoms with Crippen molar-refractivity contribution in [3.63, 3.8) is 0 Å². The number of nitrogens with zero attached hydrogens (tertiary/aromatic N) is 2. The molecule has 0 aliphatic rings. The van der Waals surface area contributed by atoms with Gasteiger partial charge in [-0.25, -0.2) is 0 Å². The van der Waals surface area contributed by atoms with Gasteiger partial charge < -0.3 is 5.73 Å². The van der Waals surface area contributed by atoms with Crippen LogP contribution < -0.4 is 5.73 Å². The molecule has 2 rings (SSSR count). The third-order valence-electron chi connectivity index (χ3n) is 4.02. The molecule has 3 heteroatoms. The molecule has 2 aromatic carbocycles. The van der Waals surface area contributed by atoms with E-state index in [0.717, 1.165) is 38.4 Å². The molecule has 0 bridgehead atoms. The molecule has 0 aliphatic heterocycles. The van der Waals surface area contributed by atoms with Crippen LogP contribution in [-0.4, -0.2) is 23.8 Å². The Morgan fingerprint density at radius 2 is 1.42 bits per heavy atom. The highest BCUT2D eigenvalue weighted by Gasteiger charge is 2.07. The van der Waals surface area contributed by atoms with Crippen molar-refractivity contribution in [2.24, 2.45) is 16.6 Å². The van der Waals surface area contributed by atoms with Crippen LogP contribution in [0, 0.1) is 5.92 Å². The highest BCUT2D eigenvalue weighted by atomic mass is 15.1. The molecule has 0 radical (unpaired) electrons. The third-order valence-corrected chi connectivity index (χ3v) is 4.02. The molecule has 0 amide bonds. The van der Waals surface area contributed by atoms with Gasteiger partial charge >= 0.3 is 0 Å². The zero-order valence-electron chi connectivity index (χ0n) is 14.9. The molecule has 0 atom stereocenters. The van der Waals surface area contributed by atoms with E-state index in [0.29, 0.717) is 5.92 Å². The van der Waals surface area contributed by atoms with Crippen molar-refractivity contribution < 1.29 is 0 Å². The van der Waals surface area contributed by atoms with Gasteiger partial charge in [-0.15, -0.1) is 0 Å². The van der Waals surface area contributed by atoms with Gasteiger partial charge in [0.25, 0.3) is 0 Å². The lowest BCUT2D eigenvalue weighted by Crippen LogP contribution is -2.25. The van der Waals surface area contributed by atoms with Crippen molar-refractivity contribution >= 4 is 5.84 Å². The van der Waals surface area contributed by atoms with Gasteiger partial charge in [-0.2, -0.15) is 0 Å². The molecule has 0 aliphatic carbocycles. The second-order valence-electron chi connectivity index (χ2n) is 6.50. The molecular formula is C21H29N3. The van der Waals surface area contributed by atoms with E-state index in [1.165, 1.54) is 11.1 Å². The molecule has 24 heavy (non-hydrogen) atoms. The van der Waals surface area contributed by atoms with Crippen LogP contribution in [-0.2, 0) is 13.1 Å². The van der Waals surface area contributed by atoms with E-state index in [9.17, 15) is 0 Å². The lowest BCUT2D eigenvalue weighted by Gasteiger charge is -2.22. The van der Waals surface area contributed by atoms with Gasteiger partial charge in [0.1, 0.15) is 0 Å². The number of hydrogen-bond acceptors (Lipinski definition) is 2. The molecule has 2 aromatic rings. The van der Waals surface area contributed by atoms with Crippen LogP contribution in [0.15, 0.2) is 65.7 Å². The van der Waals surface area contributed by atoms with Gasteiger partial charge in [-0.3, -0.25) is 9.89 Å². The molecular weight excluding hydrogens is 294 g/mol. The molecule has 0 unspecified atom stereocenters. The van der Waals surface area contributed by atoms with E-state index in [1.54, 1.807) is 0 Å². The van der Waals surface area contributed by atoms with Crippen LogP contribution in [0.4, 0.5) is 0 Å². The first-order chi connectivity index (χ1) is 11.6. The molecule has 0 saturated heterocycles. The standard InChI is InChI=1S/C21H29N3/c1-18(2)21(22)23-14-9-15-24(16-19-10-5-3-6-11-19)17-20-12-7-4-8-13-20/h3-8,10-13,18H,9,14-17H2,1-2H3,(H2,22,23). The van der Waals surface area contributed by atoms with Crippen molar-refractivity contribution in [2.45, 2.75) is 33.4 Å². The quantitative estimate of drug-likeness (QED) is 0.429. The topological polar surface area (TPSA) is 41.6 Å². The average molecular weight is 323 g/mol. The zero-order valence-corrected chi connectivity index (χ0v) is 14.9. The SMILES string of the molecule is CC(C)C(N)=NCCCN(Cc1ccccc1)Cc1ccccc1. The zero-order chi connectivity index (χ0) is 17.2. The Labute approximate surface area is 146 Å². The lowest BCUT2D eigenvalue weighted by molar-refractivity contribution is 0.255. The molecule has 2 N–H and O–H groups in total. The fourth-order valence-electron chi connectivity index (χ4n) is 2.58. The summed E-state index contributed by atoms with van der Waals surface area (Å²) in [5.74, 6) is 1.09.